The molecule has 5 nitrogen and oxygen atoms in total. The summed E-state index contributed by atoms with van der Waals surface area (Å²) in [6.45, 7) is 11.0. The van der Waals surface area contributed by atoms with E-state index in [0.29, 0.717) is 24.8 Å². The molecule has 0 aliphatic rings. The molecule has 0 aliphatic heterocycles. The Morgan fingerprint density at radius 2 is 1.83 bits per heavy atom. The van der Waals surface area contributed by atoms with Gasteiger partial charge in [-0.15, -0.1) is 0 Å². The zero-order valence-corrected chi connectivity index (χ0v) is 15.4. The van der Waals surface area contributed by atoms with Gasteiger partial charge in [0.05, 0.1) is 6.26 Å². The molecule has 0 saturated carbocycles. The summed E-state index contributed by atoms with van der Waals surface area (Å²) in [5.41, 5.74) is 0. The van der Waals surface area contributed by atoms with Gasteiger partial charge in [0.25, 0.3) is 0 Å². The Kier molecular flexibility index (Phi) is 12.1. The molecule has 0 rings (SSSR count). The van der Waals surface area contributed by atoms with Crippen LogP contribution in [-0.2, 0) is 9.53 Å². The van der Waals surface area contributed by atoms with E-state index < -0.39 is 12.1 Å². The minimum atomic E-state index is -0.581. The first-order chi connectivity index (χ1) is 10.9. The van der Waals surface area contributed by atoms with Crippen LogP contribution in [0.2, 0.25) is 0 Å². The maximum atomic E-state index is 12.2. The van der Waals surface area contributed by atoms with Crippen molar-refractivity contribution in [2.45, 2.75) is 72.8 Å². The lowest BCUT2D eigenvalue weighted by Gasteiger charge is -2.19. The zero-order chi connectivity index (χ0) is 17.7. The molecule has 2 amide bonds. The molecule has 0 heterocycles. The quantitative estimate of drug-likeness (QED) is 0.445. The molecule has 2 N–H and O–H groups in total. The number of amides is 2. The molecular formula is C18H34N2O3. The molecule has 5 heteroatoms. The van der Waals surface area contributed by atoms with Gasteiger partial charge >= 0.3 is 6.09 Å². The zero-order valence-electron chi connectivity index (χ0n) is 15.4. The number of carbonyl (C=O) groups is 2. The summed E-state index contributed by atoms with van der Waals surface area (Å²) in [5, 5.41) is 5.53. The number of alkyl carbamates (subject to hydrolysis) is 1. The van der Waals surface area contributed by atoms with Gasteiger partial charge in [-0.3, -0.25) is 4.79 Å². The van der Waals surface area contributed by atoms with Gasteiger partial charge in [0, 0.05) is 6.54 Å². The van der Waals surface area contributed by atoms with E-state index in [-0.39, 0.29) is 5.91 Å². The lowest BCUT2D eigenvalue weighted by Crippen LogP contribution is -2.47. The second-order valence-electron chi connectivity index (χ2n) is 6.72. The van der Waals surface area contributed by atoms with E-state index in [1.165, 1.54) is 6.26 Å². The van der Waals surface area contributed by atoms with Crippen molar-refractivity contribution in [1.82, 2.24) is 10.6 Å². The summed E-state index contributed by atoms with van der Waals surface area (Å²) in [7, 11) is 0. The molecule has 0 aromatic heterocycles. The first kappa shape index (κ1) is 21.5. The highest BCUT2D eigenvalue weighted by atomic mass is 16.5. The van der Waals surface area contributed by atoms with Gasteiger partial charge in [-0.05, 0) is 43.6 Å². The first-order valence-corrected chi connectivity index (χ1v) is 8.76. The standard InChI is InChI=1S/C18H34N2O3/c1-6-7-8-9-12-23-18(22)20-16(13-15(4)5)17(21)19-11-10-14(2)3/h9,12,14-16H,6-8,10-11,13H2,1-5H3,(H,19,21)(H,20,22)/t16-/m0/s1. The first-order valence-electron chi connectivity index (χ1n) is 8.76. The topological polar surface area (TPSA) is 67.4 Å². The minimum Gasteiger partial charge on any atom is -0.419 e. The Hall–Kier alpha value is -1.52. The van der Waals surface area contributed by atoms with Crippen LogP contribution in [0.15, 0.2) is 12.3 Å². The highest BCUT2D eigenvalue weighted by molar-refractivity contribution is 5.85. The minimum absolute atomic E-state index is 0.147. The van der Waals surface area contributed by atoms with Gasteiger partial charge in [-0.1, -0.05) is 41.0 Å². The van der Waals surface area contributed by atoms with Crippen LogP contribution >= 0.6 is 0 Å². The van der Waals surface area contributed by atoms with Crippen LogP contribution in [-0.4, -0.2) is 24.6 Å². The molecule has 0 radical (unpaired) electrons. The summed E-state index contributed by atoms with van der Waals surface area (Å²) in [6, 6.07) is -0.557. The Labute approximate surface area is 141 Å². The van der Waals surface area contributed by atoms with Gasteiger partial charge in [-0.2, -0.15) is 0 Å². The normalized spacial score (nSPS) is 12.7. The number of unbranched alkanes of at least 4 members (excludes halogenated alkanes) is 2. The van der Waals surface area contributed by atoms with Crippen molar-refractivity contribution in [3.63, 3.8) is 0 Å². The molecule has 0 saturated heterocycles. The van der Waals surface area contributed by atoms with Gasteiger partial charge in [0.15, 0.2) is 0 Å². The monoisotopic (exact) mass is 326 g/mol. The predicted molar refractivity (Wildman–Crippen MR) is 94.0 cm³/mol. The maximum absolute atomic E-state index is 12.2. The number of nitrogens with one attached hydrogen (secondary N) is 2. The van der Waals surface area contributed by atoms with Crippen LogP contribution in [0.4, 0.5) is 4.79 Å². The predicted octanol–water partition coefficient (Wildman–Crippen LogP) is 3.99. The molecule has 0 spiro atoms. The number of allylic oxidation sites excluding steroid dienone is 1. The molecule has 0 aromatic carbocycles. The van der Waals surface area contributed by atoms with Crippen molar-refractivity contribution in [2.24, 2.45) is 11.8 Å². The van der Waals surface area contributed by atoms with Crippen LogP contribution < -0.4 is 10.6 Å². The van der Waals surface area contributed by atoms with Crippen LogP contribution in [0.25, 0.3) is 0 Å². The Bertz CT molecular complexity index is 365. The third kappa shape index (κ3) is 12.7. The van der Waals surface area contributed by atoms with Gasteiger partial charge in [0.1, 0.15) is 6.04 Å². The molecule has 1 atom stereocenters. The average molecular weight is 326 g/mol. The van der Waals surface area contributed by atoms with Crippen LogP contribution in [0, 0.1) is 11.8 Å². The summed E-state index contributed by atoms with van der Waals surface area (Å²) in [4.78, 5) is 24.0. The third-order valence-electron chi connectivity index (χ3n) is 3.33. The highest BCUT2D eigenvalue weighted by Gasteiger charge is 2.22. The molecular weight excluding hydrogens is 292 g/mol. The number of hydrogen-bond acceptors (Lipinski definition) is 3. The lowest BCUT2D eigenvalue weighted by atomic mass is 10.0. The molecule has 0 unspecified atom stereocenters. The van der Waals surface area contributed by atoms with Crippen molar-refractivity contribution < 1.29 is 14.3 Å². The molecule has 0 bridgehead atoms. The van der Waals surface area contributed by atoms with Crippen LogP contribution in [0.5, 0.6) is 0 Å². The summed E-state index contributed by atoms with van der Waals surface area (Å²) in [6.07, 6.45) is 7.20. The smallest absolute Gasteiger partial charge is 0.412 e. The average Bonchev–Trinajstić information content (AvgIpc) is 2.45. The van der Waals surface area contributed by atoms with Crippen LogP contribution in [0.1, 0.15) is 66.7 Å². The van der Waals surface area contributed by atoms with E-state index in [2.05, 4.69) is 31.4 Å². The number of ether oxygens (including phenoxy) is 1. The van der Waals surface area contributed by atoms with Crippen molar-refractivity contribution >= 4 is 12.0 Å². The largest absolute Gasteiger partial charge is 0.419 e. The highest BCUT2D eigenvalue weighted by Crippen LogP contribution is 2.06. The van der Waals surface area contributed by atoms with E-state index in [1.54, 1.807) is 0 Å². The summed E-state index contributed by atoms with van der Waals surface area (Å²) >= 11 is 0. The van der Waals surface area contributed by atoms with Gasteiger partial charge in [-0.25, -0.2) is 4.79 Å². The fraction of sp³-hybridized carbons (Fsp3) is 0.778. The van der Waals surface area contributed by atoms with Crippen LogP contribution in [0.3, 0.4) is 0 Å². The molecule has 23 heavy (non-hydrogen) atoms. The molecule has 0 fully saturated rings. The summed E-state index contributed by atoms with van der Waals surface area (Å²) in [5.74, 6) is 0.688. The van der Waals surface area contributed by atoms with E-state index in [1.807, 2.05) is 19.9 Å². The third-order valence-corrected chi connectivity index (χ3v) is 3.33. The van der Waals surface area contributed by atoms with E-state index in [9.17, 15) is 9.59 Å². The van der Waals surface area contributed by atoms with Crippen molar-refractivity contribution in [3.05, 3.63) is 12.3 Å². The van der Waals surface area contributed by atoms with E-state index >= 15 is 0 Å². The number of rotatable bonds is 11. The second-order valence-corrected chi connectivity index (χ2v) is 6.72. The van der Waals surface area contributed by atoms with Crippen molar-refractivity contribution in [2.75, 3.05) is 6.54 Å². The number of carbonyl (C=O) groups excluding carboxylic acids is 2. The molecule has 0 aliphatic carbocycles. The summed E-state index contributed by atoms with van der Waals surface area (Å²) < 4.78 is 4.98. The SMILES string of the molecule is CCCCC=COC(=O)N[C@@H](CC(C)C)C(=O)NCCC(C)C. The van der Waals surface area contributed by atoms with Crippen molar-refractivity contribution in [1.29, 1.82) is 0 Å². The molecule has 134 valence electrons. The Morgan fingerprint density at radius 1 is 1.13 bits per heavy atom. The van der Waals surface area contributed by atoms with Gasteiger partial charge < -0.3 is 15.4 Å². The Balaban J connectivity index is 4.33. The van der Waals surface area contributed by atoms with Crippen molar-refractivity contribution in [3.8, 4) is 0 Å². The van der Waals surface area contributed by atoms with E-state index in [4.69, 9.17) is 4.74 Å². The second kappa shape index (κ2) is 13.0. The maximum Gasteiger partial charge on any atom is 0.412 e. The van der Waals surface area contributed by atoms with Gasteiger partial charge in [0.2, 0.25) is 5.91 Å². The fourth-order valence-corrected chi connectivity index (χ4v) is 1.99. The van der Waals surface area contributed by atoms with E-state index in [0.717, 1.165) is 25.7 Å². The molecule has 0 aromatic rings. The fourth-order valence-electron chi connectivity index (χ4n) is 1.99. The number of hydrogen-bond donors (Lipinski definition) is 2. The Morgan fingerprint density at radius 3 is 2.39 bits per heavy atom. The lowest BCUT2D eigenvalue weighted by molar-refractivity contribution is -0.123.